The highest BCUT2D eigenvalue weighted by Gasteiger charge is 2.42. The number of nitrogens with zero attached hydrogens (tertiary/aromatic N) is 3. The second-order valence-electron chi connectivity index (χ2n) is 6.75. The number of carbonyl (C=O) groups excluding carboxylic acids is 1. The van der Waals surface area contributed by atoms with Gasteiger partial charge in [0.2, 0.25) is 5.43 Å². The smallest absolute Gasteiger partial charge is 0.259 e. The molecule has 6 nitrogen and oxygen atoms in total. The van der Waals surface area contributed by atoms with Crippen LogP contribution in [0.1, 0.15) is 42.5 Å². The molecule has 116 valence electrons. The number of pyridine rings is 1. The minimum atomic E-state index is -0.223. The number of fused-ring (bicyclic) bond motifs is 1. The molecule has 4 rings (SSSR count). The molecular weight excluding hydrogens is 280 g/mol. The van der Waals surface area contributed by atoms with Gasteiger partial charge in [-0.15, -0.1) is 0 Å². The van der Waals surface area contributed by atoms with E-state index in [1.54, 1.807) is 11.7 Å². The van der Waals surface area contributed by atoms with Crippen LogP contribution in [0.4, 0.5) is 0 Å². The predicted molar refractivity (Wildman–Crippen MR) is 82.8 cm³/mol. The maximum atomic E-state index is 12.7. The lowest BCUT2D eigenvalue weighted by Crippen LogP contribution is -2.34. The molecular formula is C16H20N4O2. The Labute approximate surface area is 128 Å². The summed E-state index contributed by atoms with van der Waals surface area (Å²) in [5.41, 5.74) is 0.978. The molecule has 0 bridgehead atoms. The number of nitrogens with one attached hydrogen (secondary N) is 1. The van der Waals surface area contributed by atoms with Crippen LogP contribution in [-0.4, -0.2) is 38.7 Å². The van der Waals surface area contributed by atoms with Crippen LogP contribution in [-0.2, 0) is 7.05 Å². The van der Waals surface area contributed by atoms with Gasteiger partial charge in [0, 0.05) is 26.3 Å². The van der Waals surface area contributed by atoms with E-state index >= 15 is 0 Å². The van der Waals surface area contributed by atoms with E-state index in [1.165, 1.54) is 38.1 Å². The summed E-state index contributed by atoms with van der Waals surface area (Å²) in [7, 11) is 1.77. The summed E-state index contributed by atoms with van der Waals surface area (Å²) >= 11 is 0. The average molecular weight is 300 g/mol. The lowest BCUT2D eigenvalue weighted by molar-refractivity contribution is 0.0772. The summed E-state index contributed by atoms with van der Waals surface area (Å²) in [6.07, 6.45) is 9.10. The largest absolute Gasteiger partial charge is 0.345 e. The van der Waals surface area contributed by atoms with Crippen LogP contribution < -0.4 is 5.43 Å². The molecule has 6 heteroatoms. The van der Waals surface area contributed by atoms with Crippen LogP contribution >= 0.6 is 0 Å². The van der Waals surface area contributed by atoms with Gasteiger partial charge in [0.1, 0.15) is 11.2 Å². The Morgan fingerprint density at radius 1 is 1.32 bits per heavy atom. The lowest BCUT2D eigenvalue weighted by atomic mass is 9.86. The van der Waals surface area contributed by atoms with Crippen molar-refractivity contribution in [3.8, 4) is 0 Å². The van der Waals surface area contributed by atoms with Crippen molar-refractivity contribution in [2.75, 3.05) is 13.1 Å². The second-order valence-corrected chi connectivity index (χ2v) is 6.75. The number of hydrogen-bond acceptors (Lipinski definition) is 3. The van der Waals surface area contributed by atoms with Crippen molar-refractivity contribution in [1.82, 2.24) is 19.7 Å². The third-order valence-corrected chi connectivity index (χ3v) is 5.40. The number of aromatic amines is 1. The minimum Gasteiger partial charge on any atom is -0.345 e. The summed E-state index contributed by atoms with van der Waals surface area (Å²) in [5.74, 6) is -0.143. The van der Waals surface area contributed by atoms with Gasteiger partial charge in [-0.25, -0.2) is 0 Å². The molecule has 1 spiro atoms. The lowest BCUT2D eigenvalue weighted by Gasteiger charge is -2.23. The third-order valence-electron chi connectivity index (χ3n) is 5.40. The quantitative estimate of drug-likeness (QED) is 0.871. The number of carbonyl (C=O) groups is 1. The molecule has 2 fully saturated rings. The van der Waals surface area contributed by atoms with Gasteiger partial charge >= 0.3 is 0 Å². The standard InChI is InChI=1S/C16H20N4O2/c1-19-14-11(9-18-19)13(21)12(8-17-14)15(22)20-7-6-16(10-20)4-2-3-5-16/h8-9H,2-7,10H2,1H3,(H,17,21). The summed E-state index contributed by atoms with van der Waals surface area (Å²) in [6.45, 7) is 1.57. The SMILES string of the molecule is Cn1ncc2c(=O)c(C(=O)N3CCC4(CCCC4)C3)c[nH]c21. The molecule has 1 amide bonds. The molecule has 2 aromatic heterocycles. The van der Waals surface area contributed by atoms with E-state index in [-0.39, 0.29) is 16.9 Å². The van der Waals surface area contributed by atoms with Crippen LogP contribution in [0.2, 0.25) is 0 Å². The van der Waals surface area contributed by atoms with E-state index in [2.05, 4.69) is 10.1 Å². The molecule has 1 saturated heterocycles. The summed E-state index contributed by atoms with van der Waals surface area (Å²) < 4.78 is 1.61. The summed E-state index contributed by atoms with van der Waals surface area (Å²) in [6, 6.07) is 0. The fourth-order valence-corrected chi connectivity index (χ4v) is 4.10. The van der Waals surface area contributed by atoms with Gasteiger partial charge in [0.15, 0.2) is 0 Å². The zero-order valence-corrected chi connectivity index (χ0v) is 12.8. The highest BCUT2D eigenvalue weighted by molar-refractivity contribution is 5.96. The van der Waals surface area contributed by atoms with E-state index in [9.17, 15) is 9.59 Å². The third kappa shape index (κ3) is 1.90. The Kier molecular flexibility index (Phi) is 2.89. The maximum Gasteiger partial charge on any atom is 0.259 e. The van der Waals surface area contributed by atoms with E-state index in [0.717, 1.165) is 19.5 Å². The van der Waals surface area contributed by atoms with E-state index in [1.807, 2.05) is 4.90 Å². The number of aromatic nitrogens is 3. The molecule has 0 atom stereocenters. The molecule has 0 radical (unpaired) electrons. The first-order chi connectivity index (χ1) is 10.6. The Hall–Kier alpha value is -2.11. The summed E-state index contributed by atoms with van der Waals surface area (Å²) in [5, 5.41) is 4.55. The Morgan fingerprint density at radius 3 is 2.86 bits per heavy atom. The van der Waals surface area contributed by atoms with Gasteiger partial charge in [-0.2, -0.15) is 5.10 Å². The second kappa shape index (κ2) is 4.69. The molecule has 0 aromatic carbocycles. The first kappa shape index (κ1) is 13.5. The molecule has 3 heterocycles. The van der Waals surface area contributed by atoms with Crippen LogP contribution in [0.25, 0.3) is 11.0 Å². The molecule has 2 aliphatic rings. The van der Waals surface area contributed by atoms with Crippen molar-refractivity contribution < 1.29 is 4.79 Å². The van der Waals surface area contributed by atoms with Gasteiger partial charge in [0.25, 0.3) is 5.91 Å². The first-order valence-corrected chi connectivity index (χ1v) is 7.92. The topological polar surface area (TPSA) is 71.0 Å². The number of hydrogen-bond donors (Lipinski definition) is 1. The van der Waals surface area contributed by atoms with E-state index in [0.29, 0.717) is 16.4 Å². The summed E-state index contributed by atoms with van der Waals surface area (Å²) in [4.78, 5) is 30.2. The van der Waals surface area contributed by atoms with Crippen molar-refractivity contribution in [1.29, 1.82) is 0 Å². The monoisotopic (exact) mass is 300 g/mol. The fourth-order valence-electron chi connectivity index (χ4n) is 4.10. The predicted octanol–water partition coefficient (Wildman–Crippen LogP) is 1.67. The maximum absolute atomic E-state index is 12.7. The highest BCUT2D eigenvalue weighted by atomic mass is 16.2. The zero-order chi connectivity index (χ0) is 15.3. The van der Waals surface area contributed by atoms with Crippen molar-refractivity contribution in [3.63, 3.8) is 0 Å². The molecule has 1 aliphatic heterocycles. The zero-order valence-electron chi connectivity index (χ0n) is 12.8. The number of rotatable bonds is 1. The van der Waals surface area contributed by atoms with E-state index < -0.39 is 0 Å². The first-order valence-electron chi connectivity index (χ1n) is 7.92. The van der Waals surface area contributed by atoms with Crippen molar-refractivity contribution >= 4 is 16.9 Å². The van der Waals surface area contributed by atoms with Crippen molar-refractivity contribution in [2.24, 2.45) is 12.5 Å². The van der Waals surface area contributed by atoms with Gasteiger partial charge in [-0.3, -0.25) is 14.3 Å². The van der Waals surface area contributed by atoms with Crippen LogP contribution in [0, 0.1) is 5.41 Å². The number of aryl methyl sites for hydroxylation is 1. The highest BCUT2D eigenvalue weighted by Crippen LogP contribution is 2.45. The fraction of sp³-hybridized carbons (Fsp3) is 0.562. The molecule has 2 aromatic rings. The van der Waals surface area contributed by atoms with Crippen LogP contribution in [0.5, 0.6) is 0 Å². The Morgan fingerprint density at radius 2 is 2.09 bits per heavy atom. The number of amides is 1. The molecule has 1 saturated carbocycles. The van der Waals surface area contributed by atoms with Gasteiger partial charge in [-0.1, -0.05) is 12.8 Å². The molecule has 1 N–H and O–H groups in total. The van der Waals surface area contributed by atoms with Gasteiger partial charge in [-0.05, 0) is 24.7 Å². The van der Waals surface area contributed by atoms with Crippen molar-refractivity contribution in [3.05, 3.63) is 28.2 Å². The van der Waals surface area contributed by atoms with Gasteiger partial charge in [0.05, 0.1) is 11.6 Å². The number of likely N-dealkylation sites (tertiary alicyclic amines) is 1. The minimum absolute atomic E-state index is 0.143. The number of H-pyrrole nitrogens is 1. The molecule has 0 unspecified atom stereocenters. The van der Waals surface area contributed by atoms with E-state index in [4.69, 9.17) is 0 Å². The molecule has 22 heavy (non-hydrogen) atoms. The molecule has 1 aliphatic carbocycles. The Balaban J connectivity index is 1.66. The van der Waals surface area contributed by atoms with Gasteiger partial charge < -0.3 is 9.88 Å². The van der Waals surface area contributed by atoms with Crippen LogP contribution in [0.15, 0.2) is 17.2 Å². The Bertz CT molecular complexity index is 798. The average Bonchev–Trinajstić information content (AvgIpc) is 3.23. The van der Waals surface area contributed by atoms with Crippen LogP contribution in [0.3, 0.4) is 0 Å². The normalized spacial score (nSPS) is 20.3. The van der Waals surface area contributed by atoms with Crippen molar-refractivity contribution in [2.45, 2.75) is 32.1 Å².